The monoisotopic (exact) mass is 379 g/mol. The van der Waals surface area contributed by atoms with Crippen LogP contribution in [0.2, 0.25) is 0 Å². The van der Waals surface area contributed by atoms with E-state index < -0.39 is 17.1 Å². The Morgan fingerprint density at radius 2 is 2.14 bits per heavy atom. The summed E-state index contributed by atoms with van der Waals surface area (Å²) in [5, 5.41) is 14.3. The van der Waals surface area contributed by atoms with Crippen molar-refractivity contribution >= 4 is 5.91 Å². The van der Waals surface area contributed by atoms with Gasteiger partial charge in [0.25, 0.3) is 5.91 Å². The second kappa shape index (κ2) is 7.96. The molecule has 2 aromatic rings. The third-order valence-corrected chi connectivity index (χ3v) is 4.52. The van der Waals surface area contributed by atoms with E-state index in [1.807, 2.05) is 42.0 Å². The maximum absolute atomic E-state index is 12.5. The van der Waals surface area contributed by atoms with Gasteiger partial charge < -0.3 is 14.6 Å². The van der Waals surface area contributed by atoms with Crippen molar-refractivity contribution < 1.29 is 9.90 Å². The second-order valence-electron chi connectivity index (χ2n) is 6.39. The summed E-state index contributed by atoms with van der Waals surface area (Å²) in [4.78, 5) is 30.1. The van der Waals surface area contributed by atoms with E-state index in [1.165, 1.54) is 9.58 Å². The smallest absolute Gasteiger partial charge is 0.275 e. The van der Waals surface area contributed by atoms with Gasteiger partial charge in [0.15, 0.2) is 11.4 Å². The Labute approximate surface area is 162 Å². The number of hydrogen-bond donors (Lipinski definition) is 1. The van der Waals surface area contributed by atoms with Crippen LogP contribution in [-0.2, 0) is 0 Å². The molecule has 1 N–H and O–H groups in total. The number of carbonyl (C=O) groups excluding carboxylic acids is 1. The average molecular weight is 379 g/mol. The number of aromatic nitrogens is 4. The molecule has 28 heavy (non-hydrogen) atoms. The van der Waals surface area contributed by atoms with E-state index >= 15 is 0 Å². The number of likely N-dealkylation sites (N-methyl/N-ethyl adjacent to an activating group) is 1. The maximum atomic E-state index is 12.5. The van der Waals surface area contributed by atoms with Gasteiger partial charge in [-0.1, -0.05) is 30.2 Å². The summed E-state index contributed by atoms with van der Waals surface area (Å²) in [7, 11) is 1.63. The summed E-state index contributed by atoms with van der Waals surface area (Å²) in [6.45, 7) is 4.00. The predicted molar refractivity (Wildman–Crippen MR) is 104 cm³/mol. The van der Waals surface area contributed by atoms with Gasteiger partial charge in [0.2, 0.25) is 5.43 Å². The summed E-state index contributed by atoms with van der Waals surface area (Å²) in [5.41, 5.74) is -0.162. The summed E-state index contributed by atoms with van der Waals surface area (Å²) in [6, 6.07) is -0.637. The van der Waals surface area contributed by atoms with Crippen molar-refractivity contribution in [3.05, 3.63) is 64.6 Å². The van der Waals surface area contributed by atoms with Gasteiger partial charge in [-0.25, -0.2) is 9.67 Å². The first-order valence-corrected chi connectivity index (χ1v) is 8.79. The van der Waals surface area contributed by atoms with Gasteiger partial charge in [-0.2, -0.15) is 5.10 Å². The van der Waals surface area contributed by atoms with E-state index in [0.717, 1.165) is 6.20 Å². The molecule has 1 aliphatic rings. The first kappa shape index (κ1) is 19.2. The molecule has 0 spiro atoms. The zero-order valence-electron chi connectivity index (χ0n) is 15.9. The number of allylic oxidation sites excluding steroid dienone is 4. The molecule has 1 amide bonds. The molecule has 3 heterocycles. The van der Waals surface area contributed by atoms with Gasteiger partial charge in [-0.3, -0.25) is 9.59 Å². The molecule has 0 saturated carbocycles. The van der Waals surface area contributed by atoms with Crippen molar-refractivity contribution in [1.82, 2.24) is 24.2 Å². The molecule has 0 fully saturated rings. The minimum absolute atomic E-state index is 0.107. The molecule has 144 valence electrons. The fourth-order valence-electron chi connectivity index (χ4n) is 3.19. The Bertz CT molecular complexity index is 1070. The quantitative estimate of drug-likeness (QED) is 0.642. The first-order valence-electron chi connectivity index (χ1n) is 8.79. The van der Waals surface area contributed by atoms with Gasteiger partial charge >= 0.3 is 0 Å². The molecule has 0 radical (unpaired) electrons. The number of rotatable bonds is 4. The molecule has 0 aliphatic carbocycles. The van der Waals surface area contributed by atoms with E-state index in [0.29, 0.717) is 12.2 Å². The number of nitrogens with zero attached hydrogens (tertiary/aromatic N) is 5. The molecule has 8 nitrogen and oxygen atoms in total. The Kier molecular flexibility index (Phi) is 5.45. The van der Waals surface area contributed by atoms with Gasteiger partial charge in [-0.05, 0) is 19.8 Å². The number of imidazole rings is 1. The number of aromatic hydroxyl groups is 1. The van der Waals surface area contributed by atoms with Crippen LogP contribution in [0.1, 0.15) is 42.1 Å². The van der Waals surface area contributed by atoms with E-state index in [4.69, 9.17) is 0 Å². The summed E-state index contributed by atoms with van der Waals surface area (Å²) >= 11 is 0. The lowest BCUT2D eigenvalue weighted by Crippen LogP contribution is -2.45. The molecule has 2 unspecified atom stereocenters. The van der Waals surface area contributed by atoms with Gasteiger partial charge in [0.1, 0.15) is 5.69 Å². The van der Waals surface area contributed by atoms with Crippen molar-refractivity contribution in [2.45, 2.75) is 25.9 Å². The Morgan fingerprint density at radius 1 is 1.36 bits per heavy atom. The van der Waals surface area contributed by atoms with Crippen LogP contribution in [0.3, 0.4) is 0 Å². The van der Waals surface area contributed by atoms with Crippen LogP contribution in [0.5, 0.6) is 5.75 Å². The Balaban J connectivity index is 2.15. The topological polar surface area (TPSA) is 93.3 Å². The van der Waals surface area contributed by atoms with Crippen LogP contribution in [0.25, 0.3) is 0 Å². The van der Waals surface area contributed by atoms with E-state index in [1.54, 1.807) is 20.3 Å². The maximum Gasteiger partial charge on any atom is 0.275 e. The Hall–Kier alpha value is -3.60. The molecule has 0 saturated heterocycles. The zero-order chi connectivity index (χ0) is 20.3. The lowest BCUT2D eigenvalue weighted by atomic mass is 10.0. The summed E-state index contributed by atoms with van der Waals surface area (Å²) in [6.07, 6.45) is 12.2. The molecule has 0 aromatic carbocycles. The molecule has 3 rings (SSSR count). The third kappa shape index (κ3) is 3.47. The lowest BCUT2D eigenvalue weighted by Gasteiger charge is -2.36. The zero-order valence-corrected chi connectivity index (χ0v) is 15.9. The molecule has 2 atom stereocenters. The van der Waals surface area contributed by atoms with Gasteiger partial charge in [0, 0.05) is 19.8 Å². The summed E-state index contributed by atoms with van der Waals surface area (Å²) in [5.74, 6) is 4.70. The van der Waals surface area contributed by atoms with Crippen LogP contribution in [0.4, 0.5) is 0 Å². The molecule has 2 aromatic heterocycles. The van der Waals surface area contributed by atoms with E-state index in [-0.39, 0.29) is 17.8 Å². The highest BCUT2D eigenvalue weighted by molar-refractivity contribution is 5.95. The highest BCUT2D eigenvalue weighted by Gasteiger charge is 2.36. The van der Waals surface area contributed by atoms with Gasteiger partial charge in [-0.15, -0.1) is 0 Å². The van der Waals surface area contributed by atoms with Crippen LogP contribution in [-0.4, -0.2) is 48.8 Å². The molecule has 8 heteroatoms. The van der Waals surface area contributed by atoms with Crippen molar-refractivity contribution in [2.24, 2.45) is 0 Å². The van der Waals surface area contributed by atoms with Crippen LogP contribution >= 0.6 is 0 Å². The highest BCUT2D eigenvalue weighted by atomic mass is 16.3. The molecular weight excluding hydrogens is 358 g/mol. The predicted octanol–water partition coefficient (Wildman–Crippen LogP) is 1.52. The largest absolute Gasteiger partial charge is 0.502 e. The second-order valence-corrected chi connectivity index (χ2v) is 6.39. The molecule has 1 aliphatic heterocycles. The number of hydrogen-bond acceptors (Lipinski definition) is 5. The van der Waals surface area contributed by atoms with E-state index in [9.17, 15) is 14.7 Å². The van der Waals surface area contributed by atoms with Crippen LogP contribution in [0.15, 0.2) is 47.8 Å². The average Bonchev–Trinajstić information content (AvgIpc) is 3.13. The standard InChI is InChI=1S/C20H21N5O3/c1-4-6-7-9-15(24-11-14(8-5-2)21-13-24)16-12-23(3)20(28)18-19(27)17(26)10-22-25(16)18/h4,6-7,9-11,13,15-16,27H,12H2,1-3H3/b6-4-,9-7-. The minimum Gasteiger partial charge on any atom is -0.502 e. The van der Waals surface area contributed by atoms with E-state index in [2.05, 4.69) is 21.9 Å². The minimum atomic E-state index is -0.683. The fourth-order valence-corrected chi connectivity index (χ4v) is 3.19. The fraction of sp³-hybridized carbons (Fsp3) is 0.300. The van der Waals surface area contributed by atoms with Gasteiger partial charge in [0.05, 0.1) is 24.6 Å². The molecule has 0 bridgehead atoms. The molecular formula is C20H21N5O3. The highest BCUT2D eigenvalue weighted by Crippen LogP contribution is 2.32. The normalized spacial score (nSPS) is 17.6. The van der Waals surface area contributed by atoms with Crippen molar-refractivity contribution in [3.63, 3.8) is 0 Å². The number of fused-ring (bicyclic) bond motifs is 1. The van der Waals surface area contributed by atoms with Crippen LogP contribution in [0, 0.1) is 11.8 Å². The van der Waals surface area contributed by atoms with Crippen LogP contribution < -0.4 is 5.43 Å². The Morgan fingerprint density at radius 3 is 2.86 bits per heavy atom. The first-order chi connectivity index (χ1) is 13.5. The number of amides is 1. The SMILES string of the molecule is CC#Cc1cn(C(/C=C\C=C/C)C2CN(C)C(=O)c3c(O)c(=O)cnn32)cn1. The van der Waals surface area contributed by atoms with Crippen molar-refractivity contribution in [3.8, 4) is 17.6 Å². The van der Waals surface area contributed by atoms with Crippen molar-refractivity contribution in [1.29, 1.82) is 0 Å². The lowest BCUT2D eigenvalue weighted by molar-refractivity contribution is 0.0673. The number of carbonyl (C=O) groups is 1. The third-order valence-electron chi connectivity index (χ3n) is 4.52. The summed E-state index contributed by atoms with van der Waals surface area (Å²) < 4.78 is 3.31. The van der Waals surface area contributed by atoms with Crippen molar-refractivity contribution in [2.75, 3.05) is 13.6 Å².